The summed E-state index contributed by atoms with van der Waals surface area (Å²) < 4.78 is 13.3. The summed E-state index contributed by atoms with van der Waals surface area (Å²) in [6.07, 6.45) is 3.58. The van der Waals surface area contributed by atoms with E-state index in [4.69, 9.17) is 9.47 Å². The summed E-state index contributed by atoms with van der Waals surface area (Å²) >= 11 is 3.34. The second kappa shape index (κ2) is 6.49. The van der Waals surface area contributed by atoms with Gasteiger partial charge in [-0.15, -0.1) is 0 Å². The molecule has 1 aliphatic rings. The number of fused-ring (bicyclic) bond motifs is 1. The minimum atomic E-state index is -0.0649. The van der Waals surface area contributed by atoms with Gasteiger partial charge >= 0.3 is 0 Å². The fourth-order valence-electron chi connectivity index (χ4n) is 2.84. The Labute approximate surface area is 152 Å². The van der Waals surface area contributed by atoms with Crippen LogP contribution in [0.15, 0.2) is 29.3 Å². The van der Waals surface area contributed by atoms with Crippen LogP contribution >= 0.6 is 15.9 Å². The standard InChI is InChI=1S/C16H16BrN5O3/c1-24-9-4-5-11(23)10(7-9)19-14-13-15(21-16(17)20-14)22(8-18-13)12-3-2-6-25-12/h4-5,7-8,12,23H,2-3,6H2,1H3,(H,19,20,21). The highest BCUT2D eigenvalue weighted by atomic mass is 79.9. The zero-order chi connectivity index (χ0) is 17.4. The molecule has 0 aliphatic carbocycles. The van der Waals surface area contributed by atoms with Crippen molar-refractivity contribution >= 4 is 38.6 Å². The van der Waals surface area contributed by atoms with E-state index >= 15 is 0 Å². The Kier molecular flexibility index (Phi) is 4.18. The summed E-state index contributed by atoms with van der Waals surface area (Å²) in [6.45, 7) is 0.735. The zero-order valence-corrected chi connectivity index (χ0v) is 15.0. The molecular weight excluding hydrogens is 390 g/mol. The molecule has 1 aromatic carbocycles. The first-order valence-electron chi connectivity index (χ1n) is 7.81. The average Bonchev–Trinajstić information content (AvgIpc) is 3.25. The maximum Gasteiger partial charge on any atom is 0.200 e. The van der Waals surface area contributed by atoms with E-state index in [0.29, 0.717) is 33.2 Å². The second-order valence-electron chi connectivity index (χ2n) is 5.64. The van der Waals surface area contributed by atoms with Gasteiger partial charge in [-0.05, 0) is 40.9 Å². The molecule has 1 saturated heterocycles. The average molecular weight is 406 g/mol. The molecule has 25 heavy (non-hydrogen) atoms. The van der Waals surface area contributed by atoms with E-state index in [1.54, 1.807) is 31.6 Å². The molecule has 3 heterocycles. The van der Waals surface area contributed by atoms with Crippen molar-refractivity contribution in [3.05, 3.63) is 29.3 Å². The molecular formula is C16H16BrN5O3. The molecule has 1 unspecified atom stereocenters. The first-order chi connectivity index (χ1) is 12.2. The topological polar surface area (TPSA) is 94.3 Å². The van der Waals surface area contributed by atoms with E-state index in [9.17, 15) is 5.11 Å². The van der Waals surface area contributed by atoms with Gasteiger partial charge in [0.2, 0.25) is 4.73 Å². The summed E-state index contributed by atoms with van der Waals surface area (Å²) in [6, 6.07) is 4.92. The van der Waals surface area contributed by atoms with Gasteiger partial charge in [-0.3, -0.25) is 4.57 Å². The van der Waals surface area contributed by atoms with E-state index < -0.39 is 0 Å². The SMILES string of the molecule is COc1ccc(O)c(Nc2nc(Br)nc3c2ncn3C2CCCO2)c1. The number of ether oxygens (including phenoxy) is 2. The number of aromatic hydroxyl groups is 1. The summed E-state index contributed by atoms with van der Waals surface area (Å²) in [5.74, 6) is 1.19. The molecule has 3 aromatic rings. The van der Waals surface area contributed by atoms with Crippen LogP contribution in [0.4, 0.5) is 11.5 Å². The number of imidazole rings is 1. The van der Waals surface area contributed by atoms with Gasteiger partial charge in [0.25, 0.3) is 0 Å². The number of benzene rings is 1. The highest BCUT2D eigenvalue weighted by molar-refractivity contribution is 9.10. The molecule has 1 aliphatic heterocycles. The summed E-state index contributed by atoms with van der Waals surface area (Å²) in [5.41, 5.74) is 1.73. The number of halogens is 1. The molecule has 9 heteroatoms. The normalized spacial score (nSPS) is 17.1. The van der Waals surface area contributed by atoms with Crippen molar-refractivity contribution in [2.24, 2.45) is 0 Å². The molecule has 8 nitrogen and oxygen atoms in total. The number of phenols is 1. The third-order valence-corrected chi connectivity index (χ3v) is 4.42. The molecule has 2 aromatic heterocycles. The zero-order valence-electron chi connectivity index (χ0n) is 13.4. The van der Waals surface area contributed by atoms with Crippen LogP contribution in [0.3, 0.4) is 0 Å². The molecule has 0 amide bonds. The maximum atomic E-state index is 10.1. The van der Waals surface area contributed by atoms with E-state index in [1.165, 1.54) is 0 Å². The van der Waals surface area contributed by atoms with Crippen LogP contribution in [-0.2, 0) is 4.74 Å². The number of hydrogen-bond acceptors (Lipinski definition) is 7. The molecule has 1 fully saturated rings. The van der Waals surface area contributed by atoms with Crippen LogP contribution in [0, 0.1) is 0 Å². The van der Waals surface area contributed by atoms with Gasteiger partial charge in [0.1, 0.15) is 17.7 Å². The number of nitrogens with zero attached hydrogens (tertiary/aromatic N) is 4. The van der Waals surface area contributed by atoms with Crippen LogP contribution in [-0.4, -0.2) is 38.3 Å². The monoisotopic (exact) mass is 405 g/mol. The molecule has 1 atom stereocenters. The van der Waals surface area contributed by atoms with Gasteiger partial charge in [0, 0.05) is 12.7 Å². The maximum absolute atomic E-state index is 10.1. The highest BCUT2D eigenvalue weighted by Gasteiger charge is 2.22. The Hall–Kier alpha value is -2.39. The van der Waals surface area contributed by atoms with E-state index in [-0.39, 0.29) is 12.0 Å². The summed E-state index contributed by atoms with van der Waals surface area (Å²) in [5, 5.41) is 13.2. The third kappa shape index (κ3) is 3.00. The van der Waals surface area contributed by atoms with Crippen molar-refractivity contribution in [1.82, 2.24) is 19.5 Å². The van der Waals surface area contributed by atoms with Crippen LogP contribution in [0.25, 0.3) is 11.2 Å². The number of nitrogens with one attached hydrogen (secondary N) is 1. The van der Waals surface area contributed by atoms with Gasteiger partial charge in [0.05, 0.1) is 19.1 Å². The molecule has 2 N–H and O–H groups in total. The molecule has 0 spiro atoms. The van der Waals surface area contributed by atoms with Crippen molar-refractivity contribution < 1.29 is 14.6 Å². The fourth-order valence-corrected chi connectivity index (χ4v) is 3.18. The van der Waals surface area contributed by atoms with Gasteiger partial charge in [-0.2, -0.15) is 0 Å². The lowest BCUT2D eigenvalue weighted by Crippen LogP contribution is -2.07. The lowest BCUT2D eigenvalue weighted by molar-refractivity contribution is 0.0592. The van der Waals surface area contributed by atoms with Crippen molar-refractivity contribution in [2.45, 2.75) is 19.1 Å². The van der Waals surface area contributed by atoms with Gasteiger partial charge < -0.3 is 19.9 Å². The minimum Gasteiger partial charge on any atom is -0.506 e. The summed E-state index contributed by atoms with van der Waals surface area (Å²) in [7, 11) is 1.57. The predicted octanol–water partition coefficient (Wildman–Crippen LogP) is 3.36. The Balaban J connectivity index is 1.77. The van der Waals surface area contributed by atoms with Gasteiger partial charge in [-0.25, -0.2) is 15.0 Å². The number of rotatable bonds is 4. The summed E-state index contributed by atoms with van der Waals surface area (Å²) in [4.78, 5) is 13.2. The highest BCUT2D eigenvalue weighted by Crippen LogP contribution is 2.34. The lowest BCUT2D eigenvalue weighted by Gasteiger charge is -2.13. The lowest BCUT2D eigenvalue weighted by atomic mass is 10.2. The number of anilines is 2. The number of methoxy groups -OCH3 is 1. The van der Waals surface area contributed by atoms with Crippen molar-refractivity contribution in [3.8, 4) is 11.5 Å². The van der Waals surface area contributed by atoms with Crippen molar-refractivity contribution in [1.29, 1.82) is 0 Å². The van der Waals surface area contributed by atoms with Crippen LogP contribution in [0.1, 0.15) is 19.1 Å². The Morgan fingerprint density at radius 2 is 2.28 bits per heavy atom. The van der Waals surface area contributed by atoms with Crippen molar-refractivity contribution in [2.75, 3.05) is 19.0 Å². The van der Waals surface area contributed by atoms with Gasteiger partial charge in [0.15, 0.2) is 17.0 Å². The third-order valence-electron chi connectivity index (χ3n) is 4.07. The Morgan fingerprint density at radius 1 is 1.40 bits per heavy atom. The largest absolute Gasteiger partial charge is 0.506 e. The molecule has 130 valence electrons. The fraction of sp³-hybridized carbons (Fsp3) is 0.312. The first kappa shape index (κ1) is 16.1. The number of hydrogen-bond donors (Lipinski definition) is 2. The first-order valence-corrected chi connectivity index (χ1v) is 8.60. The molecule has 0 bridgehead atoms. The number of phenolic OH excluding ortho intramolecular Hbond substituents is 1. The van der Waals surface area contributed by atoms with Gasteiger partial charge in [-0.1, -0.05) is 0 Å². The van der Waals surface area contributed by atoms with E-state index in [0.717, 1.165) is 19.4 Å². The quantitative estimate of drug-likeness (QED) is 0.507. The molecule has 4 rings (SSSR count). The predicted molar refractivity (Wildman–Crippen MR) is 95.2 cm³/mol. The van der Waals surface area contributed by atoms with Crippen LogP contribution in [0.2, 0.25) is 0 Å². The number of aromatic nitrogens is 4. The smallest absolute Gasteiger partial charge is 0.200 e. The molecule has 0 radical (unpaired) electrons. The molecule has 0 saturated carbocycles. The van der Waals surface area contributed by atoms with E-state index in [1.807, 2.05) is 4.57 Å². The van der Waals surface area contributed by atoms with Crippen LogP contribution in [0.5, 0.6) is 11.5 Å². The Bertz CT molecular complexity index is 924. The van der Waals surface area contributed by atoms with Crippen molar-refractivity contribution in [3.63, 3.8) is 0 Å². The minimum absolute atomic E-state index is 0.0649. The Morgan fingerprint density at radius 3 is 3.04 bits per heavy atom. The van der Waals surface area contributed by atoms with E-state index in [2.05, 4.69) is 36.2 Å². The van der Waals surface area contributed by atoms with Crippen LogP contribution < -0.4 is 10.1 Å². The second-order valence-corrected chi connectivity index (χ2v) is 6.35.